The number of nitro benzene ring substituents is 1. The van der Waals surface area contributed by atoms with E-state index < -0.39 is 16.7 Å². The molecular weight excluding hydrogens is 398 g/mol. The molecule has 1 N–H and O–H groups in total. The van der Waals surface area contributed by atoms with Crippen LogP contribution < -0.4 is 5.32 Å². The molecule has 2 amide bonds. The van der Waals surface area contributed by atoms with E-state index in [1.54, 1.807) is 17.9 Å². The van der Waals surface area contributed by atoms with Crippen LogP contribution in [0.4, 0.5) is 10.8 Å². The van der Waals surface area contributed by atoms with Crippen molar-refractivity contribution in [3.63, 3.8) is 0 Å². The molecule has 1 aliphatic heterocycles. The summed E-state index contributed by atoms with van der Waals surface area (Å²) in [7, 11) is 0. The number of fused-ring (bicyclic) bond motifs is 1. The third-order valence-corrected chi connectivity index (χ3v) is 5.43. The second-order valence-corrected chi connectivity index (χ2v) is 7.50. The maximum absolute atomic E-state index is 12.8. The second kappa shape index (κ2) is 7.43. The van der Waals surface area contributed by atoms with Crippen LogP contribution in [0.2, 0.25) is 0 Å². The molecule has 1 aliphatic rings. The smallest absolute Gasteiger partial charge is 0.282 e. The van der Waals surface area contributed by atoms with Crippen LogP contribution >= 0.6 is 11.3 Å². The van der Waals surface area contributed by atoms with Gasteiger partial charge in [0.15, 0.2) is 10.8 Å². The topological polar surface area (TPSA) is 131 Å². The Balaban J connectivity index is 1.50. The number of benzene rings is 1. The molecule has 3 aromatic rings. The van der Waals surface area contributed by atoms with Crippen molar-refractivity contribution in [2.24, 2.45) is 0 Å². The first-order valence-corrected chi connectivity index (χ1v) is 9.50. The molecule has 2 aromatic heterocycles. The van der Waals surface area contributed by atoms with Gasteiger partial charge in [0, 0.05) is 30.0 Å². The van der Waals surface area contributed by atoms with Crippen molar-refractivity contribution in [3.8, 4) is 0 Å². The number of aryl methyl sites for hydroxylation is 1. The number of thiazole rings is 1. The van der Waals surface area contributed by atoms with Crippen LogP contribution in [0.15, 0.2) is 34.9 Å². The Morgan fingerprint density at radius 2 is 2.14 bits per heavy atom. The van der Waals surface area contributed by atoms with Gasteiger partial charge in [0.05, 0.1) is 17.2 Å². The summed E-state index contributed by atoms with van der Waals surface area (Å²) in [5.74, 6) is -0.307. The van der Waals surface area contributed by atoms with Gasteiger partial charge in [-0.15, -0.1) is 0 Å². The molecule has 0 unspecified atom stereocenters. The van der Waals surface area contributed by atoms with E-state index in [-0.39, 0.29) is 23.5 Å². The summed E-state index contributed by atoms with van der Waals surface area (Å²) in [5.41, 5.74) is 0.793. The molecule has 0 spiro atoms. The van der Waals surface area contributed by atoms with E-state index in [2.05, 4.69) is 15.5 Å². The highest BCUT2D eigenvalue weighted by atomic mass is 32.1. The molecule has 4 rings (SSSR count). The van der Waals surface area contributed by atoms with Crippen molar-refractivity contribution in [3.05, 3.63) is 68.0 Å². The van der Waals surface area contributed by atoms with Crippen LogP contribution in [0.5, 0.6) is 0 Å². The van der Waals surface area contributed by atoms with Crippen LogP contribution in [0, 0.1) is 17.0 Å². The van der Waals surface area contributed by atoms with Crippen molar-refractivity contribution < 1.29 is 19.0 Å². The van der Waals surface area contributed by atoms with E-state index in [1.807, 2.05) is 0 Å². The molecule has 0 fully saturated rings. The standard InChI is InChI=1S/C18H15N5O5S/c1-10-8-13(21-28-10)16(24)20-18-19-12-6-7-22(9-15(12)29-18)17(25)11-4-2-3-5-14(11)23(26)27/h2-5,8H,6-7,9H2,1H3,(H,19,20,24). The van der Waals surface area contributed by atoms with Gasteiger partial charge in [-0.05, 0) is 13.0 Å². The second-order valence-electron chi connectivity index (χ2n) is 6.42. The number of nitrogens with one attached hydrogen (secondary N) is 1. The van der Waals surface area contributed by atoms with E-state index >= 15 is 0 Å². The molecule has 0 saturated carbocycles. The molecule has 11 heteroatoms. The van der Waals surface area contributed by atoms with Gasteiger partial charge in [0.2, 0.25) is 0 Å². The predicted molar refractivity (Wildman–Crippen MR) is 103 cm³/mol. The first kappa shape index (κ1) is 18.7. The van der Waals surface area contributed by atoms with E-state index in [1.165, 1.54) is 35.6 Å². The molecule has 3 heterocycles. The molecule has 10 nitrogen and oxygen atoms in total. The average Bonchev–Trinajstić information content (AvgIpc) is 3.32. The van der Waals surface area contributed by atoms with E-state index in [9.17, 15) is 19.7 Å². The summed E-state index contributed by atoms with van der Waals surface area (Å²) in [4.78, 5) is 42.5. The van der Waals surface area contributed by atoms with Gasteiger partial charge in [-0.2, -0.15) is 0 Å². The predicted octanol–water partition coefficient (Wildman–Crippen LogP) is 2.80. The number of nitrogens with zero attached hydrogens (tertiary/aromatic N) is 4. The number of aromatic nitrogens is 2. The monoisotopic (exact) mass is 413 g/mol. The Kier molecular flexibility index (Phi) is 4.80. The lowest BCUT2D eigenvalue weighted by Gasteiger charge is -2.26. The van der Waals surface area contributed by atoms with Crippen LogP contribution in [-0.2, 0) is 13.0 Å². The zero-order chi connectivity index (χ0) is 20.5. The summed E-state index contributed by atoms with van der Waals surface area (Å²) < 4.78 is 4.89. The van der Waals surface area contributed by atoms with Crippen LogP contribution in [0.3, 0.4) is 0 Å². The highest BCUT2D eigenvalue weighted by Crippen LogP contribution is 2.30. The fraction of sp³-hybridized carbons (Fsp3) is 0.222. The number of carbonyl (C=O) groups excluding carboxylic acids is 2. The Bertz CT molecular complexity index is 1120. The molecule has 0 saturated heterocycles. The van der Waals surface area contributed by atoms with Crippen LogP contribution in [0.25, 0.3) is 0 Å². The van der Waals surface area contributed by atoms with Gasteiger partial charge >= 0.3 is 0 Å². The number of hydrogen-bond donors (Lipinski definition) is 1. The van der Waals surface area contributed by atoms with Crippen molar-refractivity contribution in [1.29, 1.82) is 0 Å². The lowest BCUT2D eigenvalue weighted by molar-refractivity contribution is -0.385. The van der Waals surface area contributed by atoms with Gasteiger partial charge in [-0.1, -0.05) is 28.6 Å². The van der Waals surface area contributed by atoms with Crippen molar-refractivity contribution in [2.45, 2.75) is 19.9 Å². The van der Waals surface area contributed by atoms with Crippen LogP contribution in [-0.4, -0.2) is 38.3 Å². The fourth-order valence-corrected chi connectivity index (χ4v) is 4.06. The summed E-state index contributed by atoms with van der Waals surface area (Å²) >= 11 is 1.26. The number of rotatable bonds is 4. The normalized spacial score (nSPS) is 13.1. The molecule has 148 valence electrons. The maximum Gasteiger partial charge on any atom is 0.282 e. The number of hydrogen-bond acceptors (Lipinski definition) is 8. The molecule has 29 heavy (non-hydrogen) atoms. The summed E-state index contributed by atoms with van der Waals surface area (Å²) in [6, 6.07) is 7.41. The Hall–Kier alpha value is -3.60. The summed E-state index contributed by atoms with van der Waals surface area (Å²) in [6.45, 7) is 2.35. The number of anilines is 1. The summed E-state index contributed by atoms with van der Waals surface area (Å²) in [5, 5.41) is 18.0. The van der Waals surface area contributed by atoms with Gasteiger partial charge in [-0.25, -0.2) is 4.98 Å². The first-order valence-electron chi connectivity index (χ1n) is 8.68. The lowest BCUT2D eigenvalue weighted by Crippen LogP contribution is -2.35. The zero-order valence-electron chi connectivity index (χ0n) is 15.2. The molecular formula is C18H15N5O5S. The molecule has 0 atom stereocenters. The largest absolute Gasteiger partial charge is 0.361 e. The molecule has 0 radical (unpaired) electrons. The summed E-state index contributed by atoms with van der Waals surface area (Å²) in [6.07, 6.45) is 0.497. The first-order chi connectivity index (χ1) is 13.9. The van der Waals surface area contributed by atoms with Gasteiger partial charge in [0.1, 0.15) is 11.3 Å². The SMILES string of the molecule is Cc1cc(C(=O)Nc2nc3c(s2)CN(C(=O)c2ccccc2[N+](=O)[O-])CC3)no1. The number of para-hydroxylation sites is 1. The van der Waals surface area contributed by atoms with E-state index in [4.69, 9.17) is 4.52 Å². The Morgan fingerprint density at radius 3 is 2.86 bits per heavy atom. The minimum Gasteiger partial charge on any atom is -0.361 e. The fourth-order valence-electron chi connectivity index (χ4n) is 3.04. The minimum absolute atomic E-state index is 0.0559. The van der Waals surface area contributed by atoms with Crippen molar-refractivity contribution in [1.82, 2.24) is 15.0 Å². The Labute approximate surface area is 168 Å². The molecule has 0 aliphatic carbocycles. The van der Waals surface area contributed by atoms with Crippen LogP contribution in [0.1, 0.15) is 37.2 Å². The highest BCUT2D eigenvalue weighted by molar-refractivity contribution is 7.15. The van der Waals surface area contributed by atoms with E-state index in [0.717, 1.165) is 10.6 Å². The zero-order valence-corrected chi connectivity index (χ0v) is 16.1. The third-order valence-electron chi connectivity index (χ3n) is 4.43. The maximum atomic E-state index is 12.8. The highest BCUT2D eigenvalue weighted by Gasteiger charge is 2.29. The minimum atomic E-state index is -0.561. The van der Waals surface area contributed by atoms with Gasteiger partial charge in [-0.3, -0.25) is 25.0 Å². The average molecular weight is 413 g/mol. The quantitative estimate of drug-likeness (QED) is 0.514. The molecule has 1 aromatic carbocycles. The number of amides is 2. The van der Waals surface area contributed by atoms with Gasteiger partial charge < -0.3 is 9.42 Å². The lowest BCUT2D eigenvalue weighted by atomic mass is 10.1. The van der Waals surface area contributed by atoms with Crippen molar-refractivity contribution >= 4 is 34.0 Å². The molecule has 0 bridgehead atoms. The van der Waals surface area contributed by atoms with Crippen molar-refractivity contribution in [2.75, 3.05) is 11.9 Å². The van der Waals surface area contributed by atoms with E-state index in [0.29, 0.717) is 23.9 Å². The third kappa shape index (κ3) is 3.72. The number of carbonyl (C=O) groups is 2. The number of nitro groups is 1. The van der Waals surface area contributed by atoms with Gasteiger partial charge in [0.25, 0.3) is 17.5 Å². The Morgan fingerprint density at radius 1 is 1.34 bits per heavy atom.